The molecule has 144 valence electrons. The zero-order chi connectivity index (χ0) is 19.8. The van der Waals surface area contributed by atoms with Crippen molar-refractivity contribution in [2.45, 2.75) is 26.4 Å². The quantitative estimate of drug-likeness (QED) is 0.671. The van der Waals surface area contributed by atoms with Gasteiger partial charge >= 0.3 is 11.9 Å². The van der Waals surface area contributed by atoms with Gasteiger partial charge in [0.05, 0.1) is 12.2 Å². The van der Waals surface area contributed by atoms with Gasteiger partial charge in [-0.05, 0) is 25.0 Å². The molecule has 0 aliphatic rings. The normalized spacial score (nSPS) is 11.5. The number of esters is 2. The highest BCUT2D eigenvalue weighted by Crippen LogP contribution is 2.29. The van der Waals surface area contributed by atoms with Gasteiger partial charge in [-0.1, -0.05) is 37.3 Å². The second kappa shape index (κ2) is 9.84. The Morgan fingerprint density at radius 3 is 2.48 bits per heavy atom. The third-order valence-corrected chi connectivity index (χ3v) is 4.76. The van der Waals surface area contributed by atoms with Crippen LogP contribution in [0, 0.1) is 0 Å². The number of amides is 1. The summed E-state index contributed by atoms with van der Waals surface area (Å²) in [7, 11) is 0. The van der Waals surface area contributed by atoms with Crippen LogP contribution in [0.15, 0.2) is 36.4 Å². The van der Waals surface area contributed by atoms with E-state index in [0.29, 0.717) is 17.0 Å². The van der Waals surface area contributed by atoms with Crippen LogP contribution in [0.5, 0.6) is 0 Å². The lowest BCUT2D eigenvalue weighted by molar-refractivity contribution is -0.156. The number of carbonyl (C=O) groups excluding carboxylic acids is 3. The van der Waals surface area contributed by atoms with Crippen molar-refractivity contribution < 1.29 is 29.0 Å². The SMILES string of the molecule is CCOC(=O)c1cc(CC)sc1NC(=O)COC(=O)[C@@H](O)c1ccccc1. The summed E-state index contributed by atoms with van der Waals surface area (Å²) in [5.74, 6) is -2.07. The van der Waals surface area contributed by atoms with Crippen molar-refractivity contribution >= 4 is 34.2 Å². The molecule has 8 heteroatoms. The molecule has 1 aromatic carbocycles. The Morgan fingerprint density at radius 1 is 1.15 bits per heavy atom. The summed E-state index contributed by atoms with van der Waals surface area (Å²) in [4.78, 5) is 36.9. The van der Waals surface area contributed by atoms with Crippen molar-refractivity contribution in [1.82, 2.24) is 0 Å². The first-order valence-electron chi connectivity index (χ1n) is 8.45. The highest BCUT2D eigenvalue weighted by atomic mass is 32.1. The van der Waals surface area contributed by atoms with Gasteiger partial charge in [0.15, 0.2) is 12.7 Å². The Morgan fingerprint density at radius 2 is 1.85 bits per heavy atom. The minimum atomic E-state index is -1.47. The molecule has 0 saturated heterocycles. The van der Waals surface area contributed by atoms with E-state index in [1.165, 1.54) is 11.3 Å². The molecule has 0 spiro atoms. The molecule has 2 aromatic rings. The first kappa shape index (κ1) is 20.6. The number of hydrogen-bond donors (Lipinski definition) is 2. The van der Waals surface area contributed by atoms with Gasteiger partial charge in [-0.25, -0.2) is 9.59 Å². The minimum absolute atomic E-state index is 0.221. The van der Waals surface area contributed by atoms with Gasteiger partial charge in [-0.15, -0.1) is 11.3 Å². The topological polar surface area (TPSA) is 102 Å². The molecule has 1 aromatic heterocycles. The maximum atomic E-state index is 12.1. The maximum absolute atomic E-state index is 12.1. The molecule has 0 bridgehead atoms. The van der Waals surface area contributed by atoms with Crippen molar-refractivity contribution in [2.75, 3.05) is 18.5 Å². The van der Waals surface area contributed by atoms with Crippen LogP contribution in [0.4, 0.5) is 5.00 Å². The summed E-state index contributed by atoms with van der Waals surface area (Å²) in [5.41, 5.74) is 0.640. The van der Waals surface area contributed by atoms with Crippen molar-refractivity contribution in [1.29, 1.82) is 0 Å². The fourth-order valence-corrected chi connectivity index (χ4v) is 3.22. The van der Waals surface area contributed by atoms with Gasteiger partial charge in [0, 0.05) is 4.88 Å². The Kier molecular flexibility index (Phi) is 7.51. The number of anilines is 1. The van der Waals surface area contributed by atoms with Crippen LogP contribution in [-0.4, -0.2) is 36.2 Å². The Labute approximate surface area is 160 Å². The van der Waals surface area contributed by atoms with E-state index in [-0.39, 0.29) is 12.2 Å². The van der Waals surface area contributed by atoms with E-state index in [4.69, 9.17) is 9.47 Å². The number of carbonyl (C=O) groups is 3. The number of aliphatic hydroxyl groups is 1. The summed E-state index contributed by atoms with van der Waals surface area (Å²) in [5, 5.41) is 12.8. The van der Waals surface area contributed by atoms with Gasteiger partial charge in [0.25, 0.3) is 5.91 Å². The Hall–Kier alpha value is -2.71. The highest BCUT2D eigenvalue weighted by Gasteiger charge is 2.22. The molecule has 0 fully saturated rings. The molecule has 7 nitrogen and oxygen atoms in total. The van der Waals surface area contributed by atoms with E-state index in [1.807, 2.05) is 6.92 Å². The summed E-state index contributed by atoms with van der Waals surface area (Å²) >= 11 is 1.26. The van der Waals surface area contributed by atoms with Crippen LogP contribution in [0.3, 0.4) is 0 Å². The zero-order valence-electron chi connectivity index (χ0n) is 15.1. The van der Waals surface area contributed by atoms with E-state index in [9.17, 15) is 19.5 Å². The lowest BCUT2D eigenvalue weighted by Gasteiger charge is -2.11. The fourth-order valence-electron chi connectivity index (χ4n) is 2.22. The molecule has 1 atom stereocenters. The van der Waals surface area contributed by atoms with Crippen molar-refractivity contribution in [3.63, 3.8) is 0 Å². The molecule has 0 aliphatic heterocycles. The van der Waals surface area contributed by atoms with Crippen LogP contribution in [0.2, 0.25) is 0 Å². The molecule has 27 heavy (non-hydrogen) atoms. The standard InChI is InChI=1S/C19H21NO6S/c1-3-13-10-14(18(23)25-4-2)17(27-13)20-15(21)11-26-19(24)16(22)12-8-6-5-7-9-12/h5-10,16,22H,3-4,11H2,1-2H3,(H,20,21)/t16-/m0/s1. The number of aliphatic hydroxyl groups excluding tert-OH is 1. The molecule has 2 N–H and O–H groups in total. The number of ether oxygens (including phenoxy) is 2. The molecule has 2 rings (SSSR count). The summed E-state index contributed by atoms with van der Waals surface area (Å²) in [6, 6.07) is 9.94. The average Bonchev–Trinajstić information content (AvgIpc) is 3.09. The van der Waals surface area contributed by atoms with Crippen LogP contribution in [0.25, 0.3) is 0 Å². The first-order chi connectivity index (χ1) is 13.0. The van der Waals surface area contributed by atoms with E-state index < -0.39 is 30.6 Å². The molecule has 0 aliphatic carbocycles. The van der Waals surface area contributed by atoms with E-state index in [2.05, 4.69) is 5.32 Å². The van der Waals surface area contributed by atoms with Gasteiger partial charge in [0.1, 0.15) is 5.00 Å². The predicted molar refractivity (Wildman–Crippen MR) is 101 cm³/mol. The Balaban J connectivity index is 1.96. The lowest BCUT2D eigenvalue weighted by Crippen LogP contribution is -2.24. The number of aryl methyl sites for hydroxylation is 1. The first-order valence-corrected chi connectivity index (χ1v) is 9.27. The highest BCUT2D eigenvalue weighted by molar-refractivity contribution is 7.16. The molecule has 0 unspecified atom stereocenters. The van der Waals surface area contributed by atoms with Crippen molar-refractivity contribution in [2.24, 2.45) is 0 Å². The average molecular weight is 391 g/mol. The molecule has 0 saturated carbocycles. The second-order valence-corrected chi connectivity index (χ2v) is 6.64. The summed E-state index contributed by atoms with van der Waals surface area (Å²) in [6.45, 7) is 3.27. The molecule has 1 heterocycles. The van der Waals surface area contributed by atoms with Gasteiger partial charge in [-0.2, -0.15) is 0 Å². The monoisotopic (exact) mass is 391 g/mol. The zero-order valence-corrected chi connectivity index (χ0v) is 15.9. The number of hydrogen-bond acceptors (Lipinski definition) is 7. The number of thiophene rings is 1. The molecule has 0 radical (unpaired) electrons. The molecular formula is C19H21NO6S. The lowest BCUT2D eigenvalue weighted by atomic mass is 10.1. The van der Waals surface area contributed by atoms with Crippen LogP contribution < -0.4 is 5.32 Å². The summed E-state index contributed by atoms with van der Waals surface area (Å²) < 4.78 is 9.85. The number of benzene rings is 1. The minimum Gasteiger partial charge on any atom is -0.462 e. The largest absolute Gasteiger partial charge is 0.462 e. The van der Waals surface area contributed by atoms with E-state index >= 15 is 0 Å². The molecule has 1 amide bonds. The van der Waals surface area contributed by atoms with Gasteiger partial charge in [-0.3, -0.25) is 4.79 Å². The molecular weight excluding hydrogens is 370 g/mol. The Bertz CT molecular complexity index is 802. The van der Waals surface area contributed by atoms with Crippen LogP contribution >= 0.6 is 11.3 Å². The fraction of sp³-hybridized carbons (Fsp3) is 0.316. The van der Waals surface area contributed by atoms with Crippen molar-refractivity contribution in [3.05, 3.63) is 52.4 Å². The summed E-state index contributed by atoms with van der Waals surface area (Å²) in [6.07, 6.45) is -0.770. The third kappa shape index (κ3) is 5.63. The number of nitrogens with one attached hydrogen (secondary N) is 1. The third-order valence-electron chi connectivity index (χ3n) is 3.56. The van der Waals surface area contributed by atoms with Crippen LogP contribution in [-0.2, 0) is 25.5 Å². The van der Waals surface area contributed by atoms with Crippen molar-refractivity contribution in [3.8, 4) is 0 Å². The smallest absolute Gasteiger partial charge is 0.341 e. The number of rotatable bonds is 8. The second-order valence-electron chi connectivity index (χ2n) is 5.50. The van der Waals surface area contributed by atoms with Crippen LogP contribution in [0.1, 0.15) is 40.8 Å². The van der Waals surface area contributed by atoms with E-state index in [0.717, 1.165) is 4.88 Å². The van der Waals surface area contributed by atoms with E-state index in [1.54, 1.807) is 43.3 Å². The maximum Gasteiger partial charge on any atom is 0.341 e. The van der Waals surface area contributed by atoms with Gasteiger partial charge in [0.2, 0.25) is 0 Å². The van der Waals surface area contributed by atoms with Gasteiger partial charge < -0.3 is 19.9 Å². The predicted octanol–water partition coefficient (Wildman–Crippen LogP) is 2.70.